The van der Waals surface area contributed by atoms with Crippen LogP contribution in [-0.4, -0.2) is 43.1 Å². The van der Waals surface area contributed by atoms with Gasteiger partial charge >= 0.3 is 5.97 Å². The zero-order chi connectivity index (χ0) is 16.1. The van der Waals surface area contributed by atoms with Crippen molar-refractivity contribution in [3.63, 3.8) is 0 Å². The number of hydrogen-bond acceptors (Lipinski definition) is 5. The molecular weight excluding hydrogens is 270 g/mol. The Morgan fingerprint density at radius 3 is 2.43 bits per heavy atom. The van der Waals surface area contributed by atoms with E-state index in [9.17, 15) is 14.7 Å². The molecule has 0 aliphatic carbocycles. The van der Waals surface area contributed by atoms with Gasteiger partial charge in [-0.2, -0.15) is 0 Å². The Labute approximate surface area is 128 Å². The highest BCUT2D eigenvalue weighted by atomic mass is 16.5. The van der Waals surface area contributed by atoms with Gasteiger partial charge in [0.15, 0.2) is 0 Å². The predicted octanol–water partition coefficient (Wildman–Crippen LogP) is 1.37. The second-order valence-corrected chi connectivity index (χ2v) is 4.95. The zero-order valence-electron chi connectivity index (χ0n) is 13.5. The molecule has 0 amide bonds. The first-order valence-corrected chi connectivity index (χ1v) is 7.80. The number of hydrogen-bond donors (Lipinski definition) is 0. The van der Waals surface area contributed by atoms with E-state index < -0.39 is 17.9 Å². The fourth-order valence-electron chi connectivity index (χ4n) is 1.88. The summed E-state index contributed by atoms with van der Waals surface area (Å²) in [4.78, 5) is 24.8. The average molecular weight is 298 g/mol. The molecule has 5 heteroatoms. The minimum absolute atomic E-state index is 0.163. The number of aliphatic carboxylic acids is 1. The van der Waals surface area contributed by atoms with E-state index in [2.05, 4.69) is 11.8 Å². The smallest absolute Gasteiger partial charge is 0.306 e. The first-order chi connectivity index (χ1) is 10.0. The third-order valence-corrected chi connectivity index (χ3v) is 3.35. The maximum atomic E-state index is 11.6. The molecule has 21 heavy (non-hydrogen) atoms. The van der Waals surface area contributed by atoms with Crippen LogP contribution in [-0.2, 0) is 14.3 Å². The van der Waals surface area contributed by atoms with E-state index >= 15 is 0 Å². The monoisotopic (exact) mass is 298 g/mol. The Bertz CT molecular complexity index is 324. The van der Waals surface area contributed by atoms with E-state index in [0.29, 0.717) is 13.2 Å². The first kappa shape index (κ1) is 19.6. The number of carbonyl (C=O) groups excluding carboxylic acids is 2. The number of carboxylic acids is 1. The lowest BCUT2D eigenvalue weighted by molar-refractivity contribution is -0.309. The lowest BCUT2D eigenvalue weighted by Crippen LogP contribution is -2.33. The molecule has 1 atom stereocenters. The van der Waals surface area contributed by atoms with Crippen LogP contribution in [0.5, 0.6) is 0 Å². The van der Waals surface area contributed by atoms with Crippen LogP contribution in [0.4, 0.5) is 0 Å². The Morgan fingerprint density at radius 1 is 1.24 bits per heavy atom. The second kappa shape index (κ2) is 12.4. The molecule has 5 nitrogen and oxygen atoms in total. The van der Waals surface area contributed by atoms with Crippen LogP contribution in [0.3, 0.4) is 0 Å². The molecule has 0 bridgehead atoms. The maximum Gasteiger partial charge on any atom is 0.306 e. The highest BCUT2D eigenvalue weighted by molar-refractivity contribution is 5.79. The Hall–Kier alpha value is -1.36. The van der Waals surface area contributed by atoms with Crippen LogP contribution < -0.4 is 5.11 Å². The number of unbranched alkanes of at least 4 members (excludes halogenated alkanes) is 2. The van der Waals surface area contributed by atoms with Gasteiger partial charge in [-0.3, -0.25) is 4.79 Å². The molecule has 0 aromatic rings. The summed E-state index contributed by atoms with van der Waals surface area (Å²) in [5, 5.41) is 11.0. The standard InChI is InChI=1S/C16H29NO4/c1-4-7-8-9-10-14(16(19)20)13-15(18)21-12-11-17(5-2)6-3/h9-10,14H,4-8,11-13H2,1-3H3,(H,19,20)/p-1. The highest BCUT2D eigenvalue weighted by Crippen LogP contribution is 2.08. The predicted molar refractivity (Wildman–Crippen MR) is 80.5 cm³/mol. The summed E-state index contributed by atoms with van der Waals surface area (Å²) < 4.78 is 5.08. The van der Waals surface area contributed by atoms with Gasteiger partial charge in [-0.1, -0.05) is 45.8 Å². The lowest BCUT2D eigenvalue weighted by Gasteiger charge is -2.18. The largest absolute Gasteiger partial charge is 0.550 e. The SMILES string of the molecule is CCCCC=CC(CC(=O)OCCN(CC)CC)C(=O)[O-]. The van der Waals surface area contributed by atoms with Crippen LogP contribution in [0.25, 0.3) is 0 Å². The first-order valence-electron chi connectivity index (χ1n) is 7.80. The summed E-state index contributed by atoms with van der Waals surface area (Å²) in [5.41, 5.74) is 0. The second-order valence-electron chi connectivity index (χ2n) is 4.95. The summed E-state index contributed by atoms with van der Waals surface area (Å²) in [6, 6.07) is 0. The molecule has 122 valence electrons. The van der Waals surface area contributed by atoms with Gasteiger partial charge < -0.3 is 19.5 Å². The fourth-order valence-corrected chi connectivity index (χ4v) is 1.88. The van der Waals surface area contributed by atoms with Crippen molar-refractivity contribution in [1.82, 2.24) is 4.90 Å². The van der Waals surface area contributed by atoms with Crippen LogP contribution in [0.15, 0.2) is 12.2 Å². The van der Waals surface area contributed by atoms with Gasteiger partial charge in [-0.25, -0.2) is 0 Å². The van der Waals surface area contributed by atoms with Crippen molar-refractivity contribution in [2.75, 3.05) is 26.2 Å². The number of nitrogens with zero attached hydrogens (tertiary/aromatic N) is 1. The Morgan fingerprint density at radius 2 is 1.90 bits per heavy atom. The van der Waals surface area contributed by atoms with E-state index in [-0.39, 0.29) is 6.42 Å². The number of allylic oxidation sites excluding steroid dienone is 1. The van der Waals surface area contributed by atoms with Gasteiger partial charge in [0.2, 0.25) is 0 Å². The van der Waals surface area contributed by atoms with Gasteiger partial charge in [0.05, 0.1) is 6.42 Å². The van der Waals surface area contributed by atoms with E-state index in [1.165, 1.54) is 6.08 Å². The van der Waals surface area contributed by atoms with Gasteiger partial charge in [0.25, 0.3) is 0 Å². The molecule has 0 aromatic carbocycles. The van der Waals surface area contributed by atoms with Gasteiger partial charge in [-0.15, -0.1) is 0 Å². The number of carbonyl (C=O) groups is 2. The van der Waals surface area contributed by atoms with Gasteiger partial charge in [0.1, 0.15) is 6.61 Å². The molecular formula is C16H28NO4-. The maximum absolute atomic E-state index is 11.6. The molecule has 0 heterocycles. The van der Waals surface area contributed by atoms with E-state index in [1.807, 2.05) is 13.8 Å². The number of ether oxygens (including phenoxy) is 1. The van der Waals surface area contributed by atoms with Crippen molar-refractivity contribution < 1.29 is 19.4 Å². The molecule has 0 aliphatic rings. The minimum Gasteiger partial charge on any atom is -0.550 e. The summed E-state index contributed by atoms with van der Waals surface area (Å²) in [6.07, 6.45) is 6.04. The zero-order valence-corrected chi connectivity index (χ0v) is 13.5. The fraction of sp³-hybridized carbons (Fsp3) is 0.750. The number of rotatable bonds is 12. The summed E-state index contributed by atoms with van der Waals surface area (Å²) in [7, 11) is 0. The molecule has 0 aromatic heterocycles. The van der Waals surface area contributed by atoms with Gasteiger partial charge in [0, 0.05) is 18.4 Å². The molecule has 1 unspecified atom stereocenters. The molecule has 0 aliphatic heterocycles. The molecule has 0 saturated heterocycles. The average Bonchev–Trinajstić information content (AvgIpc) is 2.46. The van der Waals surface area contributed by atoms with Crippen LogP contribution in [0.2, 0.25) is 0 Å². The molecule has 0 fully saturated rings. The summed E-state index contributed by atoms with van der Waals surface area (Å²) in [6.45, 7) is 8.90. The normalized spacial score (nSPS) is 12.8. The van der Waals surface area contributed by atoms with E-state index in [0.717, 1.165) is 32.4 Å². The van der Waals surface area contributed by atoms with Crippen molar-refractivity contribution in [2.24, 2.45) is 5.92 Å². The highest BCUT2D eigenvalue weighted by Gasteiger charge is 2.13. The molecule has 0 rings (SSSR count). The third-order valence-electron chi connectivity index (χ3n) is 3.35. The van der Waals surface area contributed by atoms with E-state index in [1.54, 1.807) is 6.08 Å². The van der Waals surface area contributed by atoms with Crippen LogP contribution in [0, 0.1) is 5.92 Å². The number of carboxylic acid groups (broad SMARTS) is 1. The minimum atomic E-state index is -1.23. The summed E-state index contributed by atoms with van der Waals surface area (Å²) >= 11 is 0. The summed E-state index contributed by atoms with van der Waals surface area (Å²) in [5.74, 6) is -2.62. The van der Waals surface area contributed by atoms with Gasteiger partial charge in [-0.05, 0) is 19.5 Å². The van der Waals surface area contributed by atoms with Crippen LogP contribution >= 0.6 is 0 Å². The van der Waals surface area contributed by atoms with Crippen molar-refractivity contribution in [1.29, 1.82) is 0 Å². The molecule has 0 radical (unpaired) electrons. The molecule has 0 N–H and O–H groups in total. The number of esters is 1. The number of likely N-dealkylation sites (N-methyl/N-ethyl adjacent to an activating group) is 1. The van der Waals surface area contributed by atoms with E-state index in [4.69, 9.17) is 4.74 Å². The molecule has 0 saturated carbocycles. The van der Waals surface area contributed by atoms with Crippen molar-refractivity contribution in [3.8, 4) is 0 Å². The van der Waals surface area contributed by atoms with Crippen molar-refractivity contribution in [2.45, 2.75) is 46.5 Å². The Kier molecular flexibility index (Phi) is 11.6. The third kappa shape index (κ3) is 10.1. The lowest BCUT2D eigenvalue weighted by atomic mass is 10.0. The quantitative estimate of drug-likeness (QED) is 0.309. The van der Waals surface area contributed by atoms with Crippen molar-refractivity contribution in [3.05, 3.63) is 12.2 Å². The van der Waals surface area contributed by atoms with Crippen molar-refractivity contribution >= 4 is 11.9 Å². The Balaban J connectivity index is 4.11. The molecule has 0 spiro atoms. The van der Waals surface area contributed by atoms with Crippen LogP contribution in [0.1, 0.15) is 46.5 Å². The topological polar surface area (TPSA) is 69.7 Å².